The van der Waals surface area contributed by atoms with Gasteiger partial charge in [-0.3, -0.25) is 4.79 Å². The number of aromatic nitrogens is 3. The Bertz CT molecular complexity index is 669. The van der Waals surface area contributed by atoms with Gasteiger partial charge in [0.05, 0.1) is 5.25 Å². The molecule has 1 aromatic carbocycles. The molecule has 0 spiro atoms. The van der Waals surface area contributed by atoms with Crippen molar-refractivity contribution < 1.29 is 4.79 Å². The van der Waals surface area contributed by atoms with E-state index < -0.39 is 0 Å². The van der Waals surface area contributed by atoms with Crippen LogP contribution in [0.1, 0.15) is 39.7 Å². The van der Waals surface area contributed by atoms with E-state index >= 15 is 0 Å². The molecule has 0 aliphatic rings. The smallest absolute Gasteiger partial charge is 0.233 e. The first-order valence-electron chi connectivity index (χ1n) is 8.16. The summed E-state index contributed by atoms with van der Waals surface area (Å²) in [7, 11) is 1.87. The minimum absolute atomic E-state index is 0.00787. The van der Waals surface area contributed by atoms with Crippen LogP contribution in [0.3, 0.4) is 0 Å². The van der Waals surface area contributed by atoms with Crippen molar-refractivity contribution in [2.45, 2.75) is 56.0 Å². The Morgan fingerprint density at radius 2 is 1.96 bits per heavy atom. The summed E-state index contributed by atoms with van der Waals surface area (Å²) in [4.78, 5) is 12.4. The quantitative estimate of drug-likeness (QED) is 0.782. The van der Waals surface area contributed by atoms with Crippen LogP contribution in [-0.4, -0.2) is 32.0 Å². The van der Waals surface area contributed by atoms with Crippen molar-refractivity contribution in [1.82, 2.24) is 20.1 Å². The molecule has 24 heavy (non-hydrogen) atoms. The Morgan fingerprint density at radius 1 is 1.29 bits per heavy atom. The van der Waals surface area contributed by atoms with Gasteiger partial charge in [0.2, 0.25) is 5.91 Å². The second-order valence-corrected chi connectivity index (χ2v) is 8.16. The topological polar surface area (TPSA) is 59.8 Å². The monoisotopic (exact) mass is 346 g/mol. The number of amides is 1. The highest BCUT2D eigenvalue weighted by atomic mass is 32.2. The Labute approximate surface area is 148 Å². The van der Waals surface area contributed by atoms with Crippen molar-refractivity contribution in [2.24, 2.45) is 7.05 Å². The second-order valence-electron chi connectivity index (χ2n) is 6.85. The fraction of sp³-hybridized carbons (Fsp3) is 0.500. The lowest BCUT2D eigenvalue weighted by Crippen LogP contribution is -2.40. The first-order chi connectivity index (χ1) is 11.3. The largest absolute Gasteiger partial charge is 0.353 e. The highest BCUT2D eigenvalue weighted by Gasteiger charge is 2.25. The fourth-order valence-electron chi connectivity index (χ4n) is 2.77. The molecule has 0 bridgehead atoms. The zero-order chi connectivity index (χ0) is 17.7. The zero-order valence-corrected chi connectivity index (χ0v) is 15.8. The minimum atomic E-state index is -0.213. The Hall–Kier alpha value is -1.82. The van der Waals surface area contributed by atoms with Crippen molar-refractivity contribution in [1.29, 1.82) is 0 Å². The minimum Gasteiger partial charge on any atom is -0.353 e. The second kappa shape index (κ2) is 7.83. The molecule has 6 heteroatoms. The third kappa shape index (κ3) is 4.84. The van der Waals surface area contributed by atoms with E-state index in [9.17, 15) is 4.79 Å². The van der Waals surface area contributed by atoms with E-state index in [1.807, 2.05) is 24.6 Å². The van der Waals surface area contributed by atoms with E-state index in [1.54, 1.807) is 6.33 Å². The lowest BCUT2D eigenvalue weighted by Gasteiger charge is -2.29. The molecule has 0 fully saturated rings. The van der Waals surface area contributed by atoms with Crippen molar-refractivity contribution in [3.8, 4) is 0 Å². The van der Waals surface area contributed by atoms with Gasteiger partial charge in [0.1, 0.15) is 6.33 Å². The summed E-state index contributed by atoms with van der Waals surface area (Å²) in [6, 6.07) is 10.5. The standard InChI is InChI=1S/C18H26N4OS/c1-13(11-18(3,4)15-9-7-6-8-10-15)20-16(23)14(2)24-17-21-19-12-22(17)5/h6-10,12-14H,11H2,1-5H3,(H,20,23)/t13-,14-/m1/s1. The Kier molecular flexibility index (Phi) is 6.04. The van der Waals surface area contributed by atoms with Gasteiger partial charge in [-0.1, -0.05) is 55.9 Å². The van der Waals surface area contributed by atoms with Crippen molar-refractivity contribution in [3.05, 3.63) is 42.2 Å². The average molecular weight is 347 g/mol. The number of carbonyl (C=O) groups is 1. The summed E-state index contributed by atoms with van der Waals surface area (Å²) >= 11 is 1.42. The number of carbonyl (C=O) groups excluding carboxylic acids is 1. The van der Waals surface area contributed by atoms with Crippen LogP contribution in [0.4, 0.5) is 0 Å². The molecule has 130 valence electrons. The molecule has 0 radical (unpaired) electrons. The first kappa shape index (κ1) is 18.5. The Balaban J connectivity index is 1.90. The zero-order valence-electron chi connectivity index (χ0n) is 15.0. The summed E-state index contributed by atoms with van der Waals surface area (Å²) in [5.74, 6) is 0.0272. The van der Waals surface area contributed by atoms with Crippen molar-refractivity contribution in [2.75, 3.05) is 0 Å². The molecule has 2 atom stereocenters. The van der Waals surface area contributed by atoms with Gasteiger partial charge in [-0.25, -0.2) is 0 Å². The highest BCUT2D eigenvalue weighted by molar-refractivity contribution is 8.00. The third-order valence-corrected chi connectivity index (χ3v) is 5.23. The van der Waals surface area contributed by atoms with E-state index in [4.69, 9.17) is 0 Å². The molecule has 1 aromatic heterocycles. The van der Waals surface area contributed by atoms with Crippen LogP contribution < -0.4 is 5.32 Å². The lowest BCUT2D eigenvalue weighted by atomic mass is 9.79. The molecular formula is C18H26N4OS. The average Bonchev–Trinajstić information content (AvgIpc) is 2.92. The van der Waals surface area contributed by atoms with Gasteiger partial charge < -0.3 is 9.88 Å². The number of rotatable bonds is 7. The van der Waals surface area contributed by atoms with Gasteiger partial charge in [-0.05, 0) is 31.2 Å². The number of hydrogen-bond donors (Lipinski definition) is 1. The summed E-state index contributed by atoms with van der Waals surface area (Å²) in [5.41, 5.74) is 1.29. The maximum Gasteiger partial charge on any atom is 0.233 e. The number of hydrogen-bond acceptors (Lipinski definition) is 4. The molecule has 2 rings (SSSR count). The van der Waals surface area contributed by atoms with Crippen LogP contribution in [0.25, 0.3) is 0 Å². The van der Waals surface area contributed by atoms with Crippen LogP contribution in [0.5, 0.6) is 0 Å². The molecule has 0 saturated carbocycles. The Morgan fingerprint density at radius 3 is 2.54 bits per heavy atom. The van der Waals surface area contributed by atoms with Crippen LogP contribution >= 0.6 is 11.8 Å². The van der Waals surface area contributed by atoms with E-state index in [1.165, 1.54) is 17.3 Å². The summed E-state index contributed by atoms with van der Waals surface area (Å²) < 4.78 is 1.82. The molecule has 0 saturated heterocycles. The predicted octanol–water partition coefficient (Wildman–Crippen LogP) is 3.17. The van der Waals surface area contributed by atoms with E-state index in [0.29, 0.717) is 0 Å². The molecular weight excluding hydrogens is 320 g/mol. The number of benzene rings is 1. The molecule has 1 amide bonds. The third-order valence-electron chi connectivity index (χ3n) is 4.08. The highest BCUT2D eigenvalue weighted by Crippen LogP contribution is 2.28. The molecule has 1 N–H and O–H groups in total. The van der Waals surface area contributed by atoms with E-state index in [0.717, 1.165) is 11.6 Å². The van der Waals surface area contributed by atoms with Crippen LogP contribution in [0.15, 0.2) is 41.8 Å². The number of nitrogens with one attached hydrogen (secondary N) is 1. The van der Waals surface area contributed by atoms with Crippen molar-refractivity contribution in [3.63, 3.8) is 0 Å². The lowest BCUT2D eigenvalue weighted by molar-refractivity contribution is -0.121. The van der Waals surface area contributed by atoms with Gasteiger partial charge in [0.15, 0.2) is 5.16 Å². The first-order valence-corrected chi connectivity index (χ1v) is 9.04. The van der Waals surface area contributed by atoms with Gasteiger partial charge in [-0.15, -0.1) is 10.2 Å². The number of aryl methyl sites for hydroxylation is 1. The summed E-state index contributed by atoms with van der Waals surface area (Å²) in [5, 5.41) is 11.5. The molecule has 0 aliphatic carbocycles. The molecule has 1 heterocycles. The maximum atomic E-state index is 12.4. The summed E-state index contributed by atoms with van der Waals surface area (Å²) in [6.45, 7) is 8.37. The van der Waals surface area contributed by atoms with Gasteiger partial charge in [-0.2, -0.15) is 0 Å². The SMILES string of the molecule is C[C@H](CC(C)(C)c1ccccc1)NC(=O)[C@@H](C)Sc1nncn1C. The molecule has 2 aromatic rings. The van der Waals surface area contributed by atoms with Gasteiger partial charge in [0, 0.05) is 13.1 Å². The van der Waals surface area contributed by atoms with Crippen molar-refractivity contribution >= 4 is 17.7 Å². The van der Waals surface area contributed by atoms with Gasteiger partial charge in [0.25, 0.3) is 0 Å². The normalized spacial score (nSPS) is 14.2. The fourth-order valence-corrected chi connectivity index (χ4v) is 3.57. The summed E-state index contributed by atoms with van der Waals surface area (Å²) in [6.07, 6.45) is 2.52. The maximum absolute atomic E-state index is 12.4. The number of thioether (sulfide) groups is 1. The molecule has 0 unspecified atom stereocenters. The van der Waals surface area contributed by atoms with E-state index in [2.05, 4.69) is 60.6 Å². The van der Waals surface area contributed by atoms with Crippen LogP contribution in [-0.2, 0) is 17.3 Å². The number of nitrogens with zero attached hydrogens (tertiary/aromatic N) is 3. The van der Waals surface area contributed by atoms with Crippen LogP contribution in [0.2, 0.25) is 0 Å². The van der Waals surface area contributed by atoms with Gasteiger partial charge >= 0.3 is 0 Å². The van der Waals surface area contributed by atoms with E-state index in [-0.39, 0.29) is 22.6 Å². The van der Waals surface area contributed by atoms with Crippen LogP contribution in [0, 0.1) is 0 Å². The molecule has 0 aliphatic heterocycles. The molecule has 5 nitrogen and oxygen atoms in total. The predicted molar refractivity (Wildman–Crippen MR) is 98.0 cm³/mol.